The van der Waals surface area contributed by atoms with Crippen molar-refractivity contribution in [3.63, 3.8) is 0 Å². The predicted octanol–water partition coefficient (Wildman–Crippen LogP) is 3.59. The van der Waals surface area contributed by atoms with Crippen molar-refractivity contribution in [2.24, 2.45) is 0 Å². The summed E-state index contributed by atoms with van der Waals surface area (Å²) in [5, 5.41) is 9.79. The molecule has 1 aliphatic rings. The molecule has 1 aliphatic heterocycles. The van der Waals surface area contributed by atoms with Crippen LogP contribution in [-0.2, 0) is 0 Å². The number of aromatic nitrogens is 4. The van der Waals surface area contributed by atoms with E-state index in [2.05, 4.69) is 32.3 Å². The Morgan fingerprint density at radius 3 is 2.73 bits per heavy atom. The lowest BCUT2D eigenvalue weighted by molar-refractivity contribution is 0.260. The predicted molar refractivity (Wildman–Crippen MR) is 105 cm³/mol. The van der Waals surface area contributed by atoms with Crippen LogP contribution in [0.2, 0.25) is 5.02 Å². The maximum atomic E-state index is 6.15. The summed E-state index contributed by atoms with van der Waals surface area (Å²) in [6, 6.07) is 4.29. The molecule has 1 aromatic carbocycles. The maximum Gasteiger partial charge on any atom is 0.225 e. The number of hydrogen-bond acceptors (Lipinski definition) is 5. The number of piperidine rings is 1. The quantitative estimate of drug-likeness (QED) is 0.763. The fraction of sp³-hybridized carbons (Fsp3) is 0.421. The first-order chi connectivity index (χ1) is 12.5. The van der Waals surface area contributed by atoms with Crippen LogP contribution < -0.4 is 5.32 Å². The number of nitrogens with zero attached hydrogens (tertiary/aromatic N) is 5. The van der Waals surface area contributed by atoms with E-state index >= 15 is 0 Å². The zero-order valence-corrected chi connectivity index (χ0v) is 16.1. The minimum Gasteiger partial charge on any atom is -0.350 e. The molecule has 1 saturated heterocycles. The van der Waals surface area contributed by atoms with E-state index in [-0.39, 0.29) is 0 Å². The third-order valence-corrected chi connectivity index (χ3v) is 5.12. The lowest BCUT2D eigenvalue weighted by Gasteiger charge is -2.30. The molecule has 0 radical (unpaired) electrons. The standard InChI is InChI=1S/C19H23ClN6/c1-12-7-15(20)8-13(2)17(12)26-10-14-9-21-19(23-18(14)24-26)22-16-5-4-6-25(3)11-16/h7-10,16H,4-6,11H2,1-3H3,(H,22,23,24)/t16-/m1/s1. The lowest BCUT2D eigenvalue weighted by Crippen LogP contribution is -2.40. The molecule has 1 fully saturated rings. The molecular weight excluding hydrogens is 348 g/mol. The van der Waals surface area contributed by atoms with Gasteiger partial charge < -0.3 is 10.2 Å². The van der Waals surface area contributed by atoms with Crippen LogP contribution in [0.15, 0.2) is 24.5 Å². The minimum atomic E-state index is 0.383. The minimum absolute atomic E-state index is 0.383. The number of halogens is 1. The molecule has 0 spiro atoms. The second kappa shape index (κ2) is 6.85. The molecule has 0 saturated carbocycles. The van der Waals surface area contributed by atoms with Crippen LogP contribution in [-0.4, -0.2) is 50.8 Å². The summed E-state index contributed by atoms with van der Waals surface area (Å²) < 4.78 is 1.87. The summed E-state index contributed by atoms with van der Waals surface area (Å²) in [4.78, 5) is 11.4. The van der Waals surface area contributed by atoms with Gasteiger partial charge >= 0.3 is 0 Å². The zero-order valence-electron chi connectivity index (χ0n) is 15.3. The van der Waals surface area contributed by atoms with Gasteiger partial charge in [0.2, 0.25) is 5.95 Å². The number of benzene rings is 1. The number of aryl methyl sites for hydroxylation is 2. The number of anilines is 1. The van der Waals surface area contributed by atoms with E-state index in [1.54, 1.807) is 0 Å². The zero-order chi connectivity index (χ0) is 18.3. The van der Waals surface area contributed by atoms with Gasteiger partial charge in [-0.15, -0.1) is 5.10 Å². The van der Waals surface area contributed by atoms with Crippen LogP contribution in [0.4, 0.5) is 5.95 Å². The molecule has 7 heteroatoms. The van der Waals surface area contributed by atoms with Crippen molar-refractivity contribution >= 4 is 28.6 Å². The van der Waals surface area contributed by atoms with Crippen molar-refractivity contribution in [3.05, 3.63) is 40.7 Å². The van der Waals surface area contributed by atoms with Crippen LogP contribution in [0.3, 0.4) is 0 Å². The molecule has 3 aromatic rings. The third-order valence-electron chi connectivity index (χ3n) is 4.90. The van der Waals surface area contributed by atoms with Gasteiger partial charge in [0.15, 0.2) is 5.65 Å². The van der Waals surface area contributed by atoms with Crippen LogP contribution in [0.25, 0.3) is 16.7 Å². The maximum absolute atomic E-state index is 6.15. The molecule has 26 heavy (non-hydrogen) atoms. The Bertz CT molecular complexity index is 927. The number of fused-ring (bicyclic) bond motifs is 1. The SMILES string of the molecule is Cc1cc(Cl)cc(C)c1-n1cc2cnc(N[C@@H]3CCCN(C)C3)nc2n1. The highest BCUT2D eigenvalue weighted by atomic mass is 35.5. The second-order valence-electron chi connectivity index (χ2n) is 7.18. The van der Waals surface area contributed by atoms with Crippen LogP contribution in [0, 0.1) is 13.8 Å². The molecule has 136 valence electrons. The average molecular weight is 371 g/mol. The highest BCUT2D eigenvalue weighted by molar-refractivity contribution is 6.30. The van der Waals surface area contributed by atoms with Gasteiger partial charge in [-0.2, -0.15) is 4.98 Å². The molecule has 3 heterocycles. The Hall–Kier alpha value is -2.18. The summed E-state index contributed by atoms with van der Waals surface area (Å²) in [6.45, 7) is 6.25. The summed E-state index contributed by atoms with van der Waals surface area (Å²) >= 11 is 6.15. The Kier molecular flexibility index (Phi) is 4.54. The molecule has 2 aromatic heterocycles. The Morgan fingerprint density at radius 2 is 2.00 bits per heavy atom. The normalized spacial score (nSPS) is 18.4. The molecule has 0 amide bonds. The van der Waals surface area contributed by atoms with Crippen molar-refractivity contribution in [2.45, 2.75) is 32.7 Å². The topological polar surface area (TPSA) is 58.9 Å². The van der Waals surface area contributed by atoms with Gasteiger partial charge in [0.1, 0.15) is 0 Å². The first kappa shape index (κ1) is 17.2. The monoisotopic (exact) mass is 370 g/mol. The van der Waals surface area contributed by atoms with Crippen LogP contribution in [0.1, 0.15) is 24.0 Å². The summed E-state index contributed by atoms with van der Waals surface area (Å²) in [5.41, 5.74) is 3.90. The number of hydrogen-bond donors (Lipinski definition) is 1. The molecular formula is C19H23ClN6. The molecule has 1 N–H and O–H groups in total. The largest absolute Gasteiger partial charge is 0.350 e. The Labute approximate surface area is 158 Å². The number of likely N-dealkylation sites (N-methyl/N-ethyl adjacent to an activating group) is 1. The van der Waals surface area contributed by atoms with E-state index in [1.165, 1.54) is 6.42 Å². The van der Waals surface area contributed by atoms with Gasteiger partial charge in [-0.3, -0.25) is 0 Å². The fourth-order valence-electron chi connectivity index (χ4n) is 3.73. The molecule has 1 atom stereocenters. The Morgan fingerprint density at radius 1 is 1.23 bits per heavy atom. The van der Waals surface area contributed by atoms with Gasteiger partial charge in [0.25, 0.3) is 0 Å². The van der Waals surface area contributed by atoms with Crippen molar-refractivity contribution in [1.82, 2.24) is 24.6 Å². The molecule has 6 nitrogen and oxygen atoms in total. The molecule has 4 rings (SSSR count). The number of nitrogens with one attached hydrogen (secondary N) is 1. The van der Waals surface area contributed by atoms with E-state index in [1.807, 2.05) is 43.1 Å². The van der Waals surface area contributed by atoms with Gasteiger partial charge in [0.05, 0.1) is 11.1 Å². The number of rotatable bonds is 3. The highest BCUT2D eigenvalue weighted by Crippen LogP contribution is 2.25. The molecule has 0 bridgehead atoms. The van der Waals surface area contributed by atoms with Crippen molar-refractivity contribution in [2.75, 3.05) is 25.5 Å². The lowest BCUT2D eigenvalue weighted by atomic mass is 10.1. The van der Waals surface area contributed by atoms with E-state index in [4.69, 9.17) is 11.6 Å². The second-order valence-corrected chi connectivity index (χ2v) is 7.62. The first-order valence-corrected chi connectivity index (χ1v) is 9.32. The summed E-state index contributed by atoms with van der Waals surface area (Å²) in [5.74, 6) is 0.646. The van der Waals surface area contributed by atoms with Crippen molar-refractivity contribution < 1.29 is 0 Å². The van der Waals surface area contributed by atoms with Crippen molar-refractivity contribution in [1.29, 1.82) is 0 Å². The van der Waals surface area contributed by atoms with E-state index in [0.717, 1.165) is 46.7 Å². The number of likely N-dealkylation sites (tertiary alicyclic amines) is 1. The first-order valence-electron chi connectivity index (χ1n) is 8.94. The van der Waals surface area contributed by atoms with Crippen LogP contribution >= 0.6 is 11.6 Å². The highest BCUT2D eigenvalue weighted by Gasteiger charge is 2.18. The smallest absolute Gasteiger partial charge is 0.225 e. The summed E-state index contributed by atoms with van der Waals surface area (Å²) in [7, 11) is 2.15. The average Bonchev–Trinajstić information content (AvgIpc) is 2.96. The van der Waals surface area contributed by atoms with E-state index < -0.39 is 0 Å². The molecule has 0 aliphatic carbocycles. The van der Waals surface area contributed by atoms with Gasteiger partial charge in [-0.05, 0) is 63.5 Å². The fourth-order valence-corrected chi connectivity index (χ4v) is 4.06. The summed E-state index contributed by atoms with van der Waals surface area (Å²) in [6.07, 6.45) is 6.14. The van der Waals surface area contributed by atoms with Gasteiger partial charge in [0, 0.05) is 30.0 Å². The third kappa shape index (κ3) is 3.39. The van der Waals surface area contributed by atoms with Crippen LogP contribution in [0.5, 0.6) is 0 Å². The molecule has 0 unspecified atom stereocenters. The van der Waals surface area contributed by atoms with Gasteiger partial charge in [-0.1, -0.05) is 11.6 Å². The van der Waals surface area contributed by atoms with E-state index in [0.29, 0.717) is 17.6 Å². The van der Waals surface area contributed by atoms with E-state index in [9.17, 15) is 0 Å². The van der Waals surface area contributed by atoms with Gasteiger partial charge in [-0.25, -0.2) is 9.67 Å². The van der Waals surface area contributed by atoms with Crippen molar-refractivity contribution in [3.8, 4) is 5.69 Å². The Balaban J connectivity index is 1.64.